The van der Waals surface area contributed by atoms with Gasteiger partial charge in [0.1, 0.15) is 5.78 Å². The van der Waals surface area contributed by atoms with Crippen molar-refractivity contribution in [1.29, 1.82) is 0 Å². The third-order valence-corrected chi connectivity index (χ3v) is 2.27. The number of carbonyl (C=O) groups excluding carboxylic acids is 2. The molecule has 1 aromatic rings. The molecule has 0 aliphatic heterocycles. The van der Waals surface area contributed by atoms with Crippen LogP contribution in [-0.4, -0.2) is 11.7 Å². The van der Waals surface area contributed by atoms with Crippen molar-refractivity contribution in [2.75, 3.05) is 5.32 Å². The van der Waals surface area contributed by atoms with Crippen LogP contribution in [-0.2, 0) is 9.59 Å². The van der Waals surface area contributed by atoms with E-state index in [1.165, 1.54) is 6.92 Å². The molecular formula is C13H17NO2. The monoisotopic (exact) mass is 219 g/mol. The first-order valence-electron chi connectivity index (χ1n) is 5.39. The van der Waals surface area contributed by atoms with Gasteiger partial charge in [0, 0.05) is 5.69 Å². The summed E-state index contributed by atoms with van der Waals surface area (Å²) in [5.41, 5.74) is 1.88. The second-order valence-electron chi connectivity index (χ2n) is 4.17. The Morgan fingerprint density at radius 3 is 2.44 bits per heavy atom. The molecule has 0 spiro atoms. The Hall–Kier alpha value is -1.64. The van der Waals surface area contributed by atoms with Gasteiger partial charge in [-0.15, -0.1) is 0 Å². The van der Waals surface area contributed by atoms with Crippen LogP contribution < -0.4 is 5.32 Å². The average Bonchev–Trinajstić information content (AvgIpc) is 2.16. The van der Waals surface area contributed by atoms with Crippen LogP contribution in [0.25, 0.3) is 0 Å². The molecule has 1 rings (SSSR count). The van der Waals surface area contributed by atoms with Crippen LogP contribution >= 0.6 is 0 Å². The van der Waals surface area contributed by atoms with Crippen LogP contribution in [0.15, 0.2) is 24.3 Å². The maximum atomic E-state index is 11.5. The van der Waals surface area contributed by atoms with E-state index >= 15 is 0 Å². The van der Waals surface area contributed by atoms with Crippen LogP contribution in [0.3, 0.4) is 0 Å². The zero-order valence-corrected chi connectivity index (χ0v) is 9.91. The molecule has 1 aromatic carbocycles. The lowest BCUT2D eigenvalue weighted by atomic mass is 10.0. The number of ketones is 1. The van der Waals surface area contributed by atoms with E-state index in [1.54, 1.807) is 0 Å². The number of hydrogen-bond donors (Lipinski definition) is 1. The molecule has 0 fully saturated rings. The minimum Gasteiger partial charge on any atom is -0.325 e. The molecule has 0 bridgehead atoms. The summed E-state index contributed by atoms with van der Waals surface area (Å²) in [4.78, 5) is 22.3. The smallest absolute Gasteiger partial charge is 0.231 e. The highest BCUT2D eigenvalue weighted by atomic mass is 16.2. The standard InChI is InChI=1S/C13H17NO2/c1-9(2)11-6-4-5-7-12(11)14-13(16)8-10(3)15/h4-7,9H,8H2,1-3H3,(H,14,16). The van der Waals surface area contributed by atoms with Gasteiger partial charge in [-0.05, 0) is 24.5 Å². The molecule has 1 amide bonds. The number of Topliss-reactive ketones (excluding diaryl/α,β-unsaturated/α-hetero) is 1. The van der Waals surface area contributed by atoms with E-state index in [1.807, 2.05) is 24.3 Å². The van der Waals surface area contributed by atoms with Crippen LogP contribution in [0.4, 0.5) is 5.69 Å². The fraction of sp³-hybridized carbons (Fsp3) is 0.385. The highest BCUT2D eigenvalue weighted by Crippen LogP contribution is 2.23. The molecule has 0 aliphatic rings. The number of para-hydroxylation sites is 1. The fourth-order valence-electron chi connectivity index (χ4n) is 1.53. The van der Waals surface area contributed by atoms with Crippen molar-refractivity contribution >= 4 is 17.4 Å². The van der Waals surface area contributed by atoms with E-state index < -0.39 is 0 Å². The molecule has 0 unspecified atom stereocenters. The number of amides is 1. The minimum absolute atomic E-state index is 0.0631. The van der Waals surface area contributed by atoms with E-state index in [0.717, 1.165) is 11.3 Å². The predicted octanol–water partition coefficient (Wildman–Crippen LogP) is 2.73. The Labute approximate surface area is 95.9 Å². The van der Waals surface area contributed by atoms with Crippen molar-refractivity contribution in [1.82, 2.24) is 0 Å². The van der Waals surface area contributed by atoms with Gasteiger partial charge in [-0.25, -0.2) is 0 Å². The van der Waals surface area contributed by atoms with Crippen LogP contribution in [0.2, 0.25) is 0 Å². The Kier molecular flexibility index (Phi) is 4.23. The molecule has 0 radical (unpaired) electrons. The Bertz CT molecular complexity index is 397. The Balaban J connectivity index is 2.80. The molecular weight excluding hydrogens is 202 g/mol. The lowest BCUT2D eigenvalue weighted by Gasteiger charge is -2.13. The molecule has 1 N–H and O–H groups in total. The normalized spacial score (nSPS) is 10.2. The summed E-state index contributed by atoms with van der Waals surface area (Å²) >= 11 is 0. The molecule has 0 aromatic heterocycles. The van der Waals surface area contributed by atoms with Crippen molar-refractivity contribution in [3.63, 3.8) is 0 Å². The van der Waals surface area contributed by atoms with Crippen LogP contribution in [0.5, 0.6) is 0 Å². The SMILES string of the molecule is CC(=O)CC(=O)Nc1ccccc1C(C)C. The van der Waals surface area contributed by atoms with Gasteiger partial charge < -0.3 is 5.32 Å². The summed E-state index contributed by atoms with van der Waals surface area (Å²) in [6.07, 6.45) is -0.0631. The summed E-state index contributed by atoms with van der Waals surface area (Å²) < 4.78 is 0. The minimum atomic E-state index is -0.249. The molecule has 3 nitrogen and oxygen atoms in total. The van der Waals surface area contributed by atoms with Crippen molar-refractivity contribution in [2.24, 2.45) is 0 Å². The van der Waals surface area contributed by atoms with Crippen molar-refractivity contribution in [3.8, 4) is 0 Å². The Morgan fingerprint density at radius 1 is 1.25 bits per heavy atom. The van der Waals surface area contributed by atoms with Gasteiger partial charge in [-0.2, -0.15) is 0 Å². The lowest BCUT2D eigenvalue weighted by Crippen LogP contribution is -2.16. The second-order valence-corrected chi connectivity index (χ2v) is 4.17. The van der Waals surface area contributed by atoms with Crippen LogP contribution in [0, 0.1) is 0 Å². The van der Waals surface area contributed by atoms with E-state index in [-0.39, 0.29) is 18.1 Å². The van der Waals surface area contributed by atoms with E-state index in [9.17, 15) is 9.59 Å². The van der Waals surface area contributed by atoms with Gasteiger partial charge >= 0.3 is 0 Å². The molecule has 0 saturated heterocycles. The third kappa shape index (κ3) is 3.50. The fourth-order valence-corrected chi connectivity index (χ4v) is 1.53. The molecule has 0 aliphatic carbocycles. The highest BCUT2D eigenvalue weighted by molar-refractivity contribution is 6.03. The molecule has 86 valence electrons. The van der Waals surface area contributed by atoms with Crippen molar-refractivity contribution < 1.29 is 9.59 Å². The summed E-state index contributed by atoms with van der Waals surface area (Å²) in [6.45, 7) is 5.54. The third-order valence-electron chi connectivity index (χ3n) is 2.27. The lowest BCUT2D eigenvalue weighted by molar-refractivity contribution is -0.124. The summed E-state index contributed by atoms with van der Waals surface area (Å²) in [7, 11) is 0. The maximum absolute atomic E-state index is 11.5. The number of benzene rings is 1. The zero-order valence-electron chi connectivity index (χ0n) is 9.91. The van der Waals surface area contributed by atoms with Crippen LogP contribution in [0.1, 0.15) is 38.7 Å². The van der Waals surface area contributed by atoms with Gasteiger partial charge in [0.05, 0.1) is 6.42 Å². The number of rotatable bonds is 4. The van der Waals surface area contributed by atoms with Gasteiger partial charge in [0.25, 0.3) is 0 Å². The van der Waals surface area contributed by atoms with E-state index in [4.69, 9.17) is 0 Å². The maximum Gasteiger partial charge on any atom is 0.231 e. The summed E-state index contributed by atoms with van der Waals surface area (Å²) in [5.74, 6) is -0.0334. The molecule has 16 heavy (non-hydrogen) atoms. The number of carbonyl (C=O) groups is 2. The Morgan fingerprint density at radius 2 is 1.88 bits per heavy atom. The number of hydrogen-bond acceptors (Lipinski definition) is 2. The topological polar surface area (TPSA) is 46.2 Å². The van der Waals surface area contributed by atoms with Crippen molar-refractivity contribution in [2.45, 2.75) is 33.1 Å². The van der Waals surface area contributed by atoms with Crippen molar-refractivity contribution in [3.05, 3.63) is 29.8 Å². The van der Waals surface area contributed by atoms with Gasteiger partial charge in [-0.1, -0.05) is 32.0 Å². The van der Waals surface area contributed by atoms with E-state index in [2.05, 4.69) is 19.2 Å². The van der Waals surface area contributed by atoms with Gasteiger partial charge in [0.15, 0.2) is 0 Å². The first kappa shape index (κ1) is 12.4. The highest BCUT2D eigenvalue weighted by Gasteiger charge is 2.10. The van der Waals surface area contributed by atoms with E-state index in [0.29, 0.717) is 5.92 Å². The largest absolute Gasteiger partial charge is 0.325 e. The summed E-state index contributed by atoms with van der Waals surface area (Å²) in [6, 6.07) is 7.65. The predicted molar refractivity (Wildman–Crippen MR) is 64.5 cm³/mol. The summed E-state index contributed by atoms with van der Waals surface area (Å²) in [5, 5.41) is 2.76. The second kappa shape index (κ2) is 5.45. The first-order chi connectivity index (χ1) is 7.50. The van der Waals surface area contributed by atoms with Gasteiger partial charge in [-0.3, -0.25) is 9.59 Å². The van der Waals surface area contributed by atoms with Gasteiger partial charge in [0.2, 0.25) is 5.91 Å². The average molecular weight is 219 g/mol. The molecule has 0 atom stereocenters. The quantitative estimate of drug-likeness (QED) is 0.791. The number of nitrogens with one attached hydrogen (secondary N) is 1. The first-order valence-corrected chi connectivity index (χ1v) is 5.39. The number of anilines is 1. The molecule has 0 saturated carbocycles. The zero-order chi connectivity index (χ0) is 12.1. The molecule has 3 heteroatoms. The molecule has 0 heterocycles.